The van der Waals surface area contributed by atoms with E-state index in [1.54, 1.807) is 22.8 Å². The van der Waals surface area contributed by atoms with Crippen molar-refractivity contribution in [3.63, 3.8) is 0 Å². The molecule has 1 atom stereocenters. The number of aliphatic carboxylic acids is 1. The predicted octanol–water partition coefficient (Wildman–Crippen LogP) is -1.13. The molecule has 0 aliphatic carbocycles. The second kappa shape index (κ2) is 10.9. The molecule has 2 rings (SSSR count). The van der Waals surface area contributed by atoms with Crippen LogP contribution >= 0.6 is 0 Å². The minimum absolute atomic E-state index is 0.0166. The summed E-state index contributed by atoms with van der Waals surface area (Å²) in [7, 11) is 1.74. The van der Waals surface area contributed by atoms with Crippen molar-refractivity contribution < 1.29 is 23.8 Å². The number of carboxylic acids is 1. The highest BCUT2D eigenvalue weighted by molar-refractivity contribution is 5.79. The van der Waals surface area contributed by atoms with Crippen LogP contribution in [0.2, 0.25) is 0 Å². The third kappa shape index (κ3) is 7.83. The molecule has 0 saturated carbocycles. The number of amides is 1. The van der Waals surface area contributed by atoms with Gasteiger partial charge in [0.1, 0.15) is 12.4 Å². The van der Waals surface area contributed by atoms with Gasteiger partial charge in [0.05, 0.1) is 32.1 Å². The Hall–Kier alpha value is -3.54. The standard InChI is InChI=1S/C18H25FN8O3/c1-26(9-14-10-27(25-24-14)7-6-22-18(20)21)11-16(28)23-15(8-17(29)30)12-2-4-13(19)5-3-12/h2-5,10,15H,6-9,11H2,1H3,(H6,20,21,22,23,28,29,30)/p+1. The van der Waals surface area contributed by atoms with Gasteiger partial charge in [-0.25, -0.2) is 9.38 Å². The number of aliphatic imine (C=N–C) groups is 1. The van der Waals surface area contributed by atoms with Crippen LogP contribution in [0.25, 0.3) is 0 Å². The molecule has 0 aliphatic rings. The van der Waals surface area contributed by atoms with E-state index in [1.807, 2.05) is 0 Å². The van der Waals surface area contributed by atoms with E-state index in [2.05, 4.69) is 20.6 Å². The number of hydrogen-bond acceptors (Lipinski definition) is 5. The maximum Gasteiger partial charge on any atom is 0.305 e. The van der Waals surface area contributed by atoms with Gasteiger partial charge in [-0.15, -0.1) is 0 Å². The van der Waals surface area contributed by atoms with Gasteiger partial charge in [-0.2, -0.15) is 4.68 Å². The topological polar surface area (TPSA) is 167 Å². The molecule has 7 N–H and O–H groups in total. The highest BCUT2D eigenvalue weighted by Gasteiger charge is 2.20. The maximum atomic E-state index is 13.1. The van der Waals surface area contributed by atoms with Gasteiger partial charge in [0.2, 0.25) is 11.6 Å². The molecule has 1 amide bonds. The SMILES string of the molecule is CN(CC(=O)NC(CC(=O)O)c1ccc(F)cc1)Cc1c[n+](CCN=C(N)N)[nH]n1. The molecule has 0 bridgehead atoms. The van der Waals surface area contributed by atoms with Gasteiger partial charge in [0, 0.05) is 5.10 Å². The molecule has 1 aromatic carbocycles. The first-order chi connectivity index (χ1) is 14.2. The number of H-pyrrole nitrogens is 1. The lowest BCUT2D eigenvalue weighted by atomic mass is 10.0. The molecule has 0 spiro atoms. The highest BCUT2D eigenvalue weighted by atomic mass is 19.1. The Morgan fingerprint density at radius 3 is 2.70 bits per heavy atom. The first-order valence-electron chi connectivity index (χ1n) is 9.17. The lowest BCUT2D eigenvalue weighted by molar-refractivity contribution is -0.751. The van der Waals surface area contributed by atoms with Crippen molar-refractivity contribution in [2.75, 3.05) is 20.1 Å². The number of guanidine groups is 1. The summed E-state index contributed by atoms with van der Waals surface area (Å²) in [5.74, 6) is -1.85. The quantitative estimate of drug-likeness (QED) is 0.174. The van der Waals surface area contributed by atoms with Crippen LogP contribution in [0.3, 0.4) is 0 Å². The maximum absolute atomic E-state index is 13.1. The summed E-state index contributed by atoms with van der Waals surface area (Å²) in [6.45, 7) is 1.34. The van der Waals surface area contributed by atoms with E-state index in [0.29, 0.717) is 30.9 Å². The number of carboxylic acid groups (broad SMARTS) is 1. The number of nitrogens with zero attached hydrogens (tertiary/aromatic N) is 4. The Bertz CT molecular complexity index is 880. The Morgan fingerprint density at radius 1 is 1.37 bits per heavy atom. The van der Waals surface area contributed by atoms with Gasteiger partial charge in [-0.1, -0.05) is 17.3 Å². The molecule has 1 aromatic heterocycles. The minimum Gasteiger partial charge on any atom is -0.481 e. The van der Waals surface area contributed by atoms with Crippen molar-refractivity contribution in [1.82, 2.24) is 20.5 Å². The zero-order chi connectivity index (χ0) is 22.1. The predicted molar refractivity (Wildman–Crippen MR) is 105 cm³/mol. The number of carbonyl (C=O) groups excluding carboxylic acids is 1. The minimum atomic E-state index is -1.07. The van der Waals surface area contributed by atoms with Crippen molar-refractivity contribution in [2.45, 2.75) is 25.6 Å². The fourth-order valence-corrected chi connectivity index (χ4v) is 2.78. The second-order valence-corrected chi connectivity index (χ2v) is 6.77. The number of aromatic amines is 1. The molecule has 2 aromatic rings. The molecular formula is C18H26FN8O3+. The van der Waals surface area contributed by atoms with Gasteiger partial charge < -0.3 is 21.9 Å². The fourth-order valence-electron chi connectivity index (χ4n) is 2.78. The summed E-state index contributed by atoms with van der Waals surface area (Å²) in [6.07, 6.45) is 1.47. The number of aromatic nitrogens is 3. The van der Waals surface area contributed by atoms with Crippen LogP contribution in [0.4, 0.5) is 4.39 Å². The molecule has 12 heteroatoms. The van der Waals surface area contributed by atoms with Gasteiger partial charge >= 0.3 is 5.97 Å². The summed E-state index contributed by atoms with van der Waals surface area (Å²) >= 11 is 0. The van der Waals surface area contributed by atoms with E-state index in [1.165, 1.54) is 24.3 Å². The average molecular weight is 421 g/mol. The Labute approximate surface area is 172 Å². The van der Waals surface area contributed by atoms with E-state index in [9.17, 15) is 14.0 Å². The first-order valence-corrected chi connectivity index (χ1v) is 9.17. The lowest BCUT2D eigenvalue weighted by Crippen LogP contribution is -2.38. The van der Waals surface area contributed by atoms with Crippen molar-refractivity contribution in [3.8, 4) is 0 Å². The van der Waals surface area contributed by atoms with E-state index < -0.39 is 17.8 Å². The Morgan fingerprint density at radius 2 is 2.07 bits per heavy atom. The van der Waals surface area contributed by atoms with Crippen LogP contribution in [0.15, 0.2) is 35.5 Å². The molecule has 0 aliphatic heterocycles. The third-order valence-corrected chi connectivity index (χ3v) is 4.09. The molecule has 0 fully saturated rings. The van der Waals surface area contributed by atoms with Crippen molar-refractivity contribution >= 4 is 17.8 Å². The number of halogens is 1. The summed E-state index contributed by atoms with van der Waals surface area (Å²) in [5, 5.41) is 18.8. The van der Waals surface area contributed by atoms with Gasteiger partial charge in [-0.3, -0.25) is 14.5 Å². The number of likely N-dealkylation sites (N-methyl/N-ethyl adjacent to an activating group) is 1. The highest BCUT2D eigenvalue weighted by Crippen LogP contribution is 2.17. The van der Waals surface area contributed by atoms with Crippen molar-refractivity contribution in [1.29, 1.82) is 0 Å². The first kappa shape index (κ1) is 22.7. The number of rotatable bonds is 11. The molecular weight excluding hydrogens is 395 g/mol. The van der Waals surface area contributed by atoms with Crippen LogP contribution in [-0.4, -0.2) is 58.3 Å². The van der Waals surface area contributed by atoms with E-state index >= 15 is 0 Å². The summed E-state index contributed by atoms with van der Waals surface area (Å²) in [6, 6.07) is 4.60. The molecule has 1 heterocycles. The van der Waals surface area contributed by atoms with Crippen LogP contribution in [0.1, 0.15) is 23.7 Å². The zero-order valence-corrected chi connectivity index (χ0v) is 16.6. The Kier molecular flexibility index (Phi) is 8.23. The normalized spacial score (nSPS) is 11.8. The van der Waals surface area contributed by atoms with Crippen LogP contribution < -0.4 is 21.5 Å². The van der Waals surface area contributed by atoms with E-state index in [4.69, 9.17) is 16.6 Å². The van der Waals surface area contributed by atoms with Gasteiger partial charge in [0.25, 0.3) is 0 Å². The number of hydrogen-bond donors (Lipinski definition) is 5. The molecule has 11 nitrogen and oxygen atoms in total. The Balaban J connectivity index is 1.89. The molecule has 0 saturated heterocycles. The largest absolute Gasteiger partial charge is 0.481 e. The van der Waals surface area contributed by atoms with E-state index in [-0.39, 0.29) is 24.8 Å². The van der Waals surface area contributed by atoms with Gasteiger partial charge in [0.15, 0.2) is 12.2 Å². The monoisotopic (exact) mass is 421 g/mol. The van der Waals surface area contributed by atoms with Crippen LogP contribution in [0, 0.1) is 5.82 Å². The van der Waals surface area contributed by atoms with Crippen LogP contribution in [0.5, 0.6) is 0 Å². The second-order valence-electron chi connectivity index (χ2n) is 6.77. The summed E-state index contributed by atoms with van der Waals surface area (Å²) in [5.41, 5.74) is 11.8. The van der Waals surface area contributed by atoms with E-state index in [0.717, 1.165) is 0 Å². The van der Waals surface area contributed by atoms with Crippen LogP contribution in [-0.2, 0) is 22.7 Å². The zero-order valence-electron chi connectivity index (χ0n) is 16.6. The van der Waals surface area contributed by atoms with Crippen molar-refractivity contribution in [3.05, 3.63) is 47.5 Å². The molecule has 0 radical (unpaired) electrons. The third-order valence-electron chi connectivity index (χ3n) is 4.09. The molecule has 1 unspecified atom stereocenters. The van der Waals surface area contributed by atoms with Gasteiger partial charge in [-0.05, 0) is 24.7 Å². The smallest absolute Gasteiger partial charge is 0.305 e. The number of nitrogens with one attached hydrogen (secondary N) is 2. The van der Waals surface area contributed by atoms with Crippen molar-refractivity contribution in [2.24, 2.45) is 16.5 Å². The average Bonchev–Trinajstić information content (AvgIpc) is 3.08. The summed E-state index contributed by atoms with van der Waals surface area (Å²) < 4.78 is 14.8. The molecule has 30 heavy (non-hydrogen) atoms. The summed E-state index contributed by atoms with van der Waals surface area (Å²) in [4.78, 5) is 29.1. The number of carbonyl (C=O) groups is 2. The fraction of sp³-hybridized carbons (Fsp3) is 0.389. The number of benzene rings is 1. The molecule has 162 valence electrons. The number of nitrogens with two attached hydrogens (primary N) is 2. The lowest BCUT2D eigenvalue weighted by Gasteiger charge is -2.20.